The molecular weight excluding hydrogens is 373 g/mol. The summed E-state index contributed by atoms with van der Waals surface area (Å²) in [6, 6.07) is 15.2. The van der Waals surface area contributed by atoms with Crippen molar-refractivity contribution in [3.63, 3.8) is 0 Å². The van der Waals surface area contributed by atoms with Crippen LogP contribution >= 0.6 is 0 Å². The van der Waals surface area contributed by atoms with Crippen molar-refractivity contribution in [2.75, 3.05) is 26.2 Å². The number of piperidine rings is 1. The van der Waals surface area contributed by atoms with E-state index >= 15 is 0 Å². The molecule has 2 fully saturated rings. The van der Waals surface area contributed by atoms with Gasteiger partial charge in [-0.1, -0.05) is 36.4 Å². The van der Waals surface area contributed by atoms with Crippen LogP contribution in [-0.4, -0.2) is 47.6 Å². The molecular formula is C24H30F3N2+. The first-order valence-corrected chi connectivity index (χ1v) is 10.6. The topological polar surface area (TPSA) is 3.24 Å². The molecule has 2 aromatic carbocycles. The summed E-state index contributed by atoms with van der Waals surface area (Å²) in [7, 11) is 0. The third kappa shape index (κ3) is 4.51. The van der Waals surface area contributed by atoms with Crippen LogP contribution in [0.4, 0.5) is 13.2 Å². The molecule has 0 aliphatic carbocycles. The van der Waals surface area contributed by atoms with Crippen molar-refractivity contribution in [2.24, 2.45) is 0 Å². The summed E-state index contributed by atoms with van der Waals surface area (Å²) in [6.07, 6.45) is -1.73. The molecule has 0 radical (unpaired) electrons. The molecule has 2 aliphatic rings. The van der Waals surface area contributed by atoms with E-state index in [1.807, 2.05) is 12.1 Å². The van der Waals surface area contributed by atoms with Gasteiger partial charge in [0.2, 0.25) is 0 Å². The van der Waals surface area contributed by atoms with E-state index in [9.17, 15) is 13.2 Å². The van der Waals surface area contributed by atoms with Gasteiger partial charge in [0, 0.05) is 37.5 Å². The van der Waals surface area contributed by atoms with Gasteiger partial charge in [0.15, 0.2) is 0 Å². The van der Waals surface area contributed by atoms with Crippen LogP contribution in [0.25, 0.3) is 11.1 Å². The maximum absolute atomic E-state index is 12.7. The minimum Gasteiger partial charge on any atom is -0.308 e. The molecule has 29 heavy (non-hydrogen) atoms. The van der Waals surface area contributed by atoms with Crippen LogP contribution in [0.1, 0.15) is 37.8 Å². The standard InChI is InChI=1S/C24H30F3N2/c1-18(2)28-13-11-23(12-14-28)29(15-16-29)17-19-3-5-20(6-4-19)21-7-9-22(10-8-21)24(25,26)27/h3-10,18,23H,11-17H2,1-2H3/q+1. The Morgan fingerprint density at radius 2 is 1.41 bits per heavy atom. The Labute approximate surface area is 171 Å². The summed E-state index contributed by atoms with van der Waals surface area (Å²) in [6.45, 7) is 10.6. The Morgan fingerprint density at radius 1 is 0.897 bits per heavy atom. The van der Waals surface area contributed by atoms with E-state index in [1.54, 1.807) is 12.1 Å². The zero-order valence-electron chi connectivity index (χ0n) is 17.3. The Bertz CT molecular complexity index is 813. The minimum atomic E-state index is -4.29. The highest BCUT2D eigenvalue weighted by atomic mass is 19.4. The van der Waals surface area contributed by atoms with Crippen molar-refractivity contribution in [1.82, 2.24) is 4.90 Å². The lowest BCUT2D eigenvalue weighted by Gasteiger charge is -2.38. The molecule has 0 atom stereocenters. The number of likely N-dealkylation sites (tertiary alicyclic amines) is 1. The van der Waals surface area contributed by atoms with Crippen molar-refractivity contribution in [3.05, 3.63) is 59.7 Å². The molecule has 2 heterocycles. The summed E-state index contributed by atoms with van der Waals surface area (Å²) in [5, 5.41) is 0. The average molecular weight is 404 g/mol. The van der Waals surface area contributed by atoms with Crippen molar-refractivity contribution < 1.29 is 17.7 Å². The quantitative estimate of drug-likeness (QED) is 0.466. The number of hydrogen-bond donors (Lipinski definition) is 0. The Kier molecular flexibility index (Phi) is 5.47. The molecule has 0 amide bonds. The predicted molar refractivity (Wildman–Crippen MR) is 110 cm³/mol. The third-order valence-electron chi connectivity index (χ3n) is 6.80. The Balaban J connectivity index is 1.40. The summed E-state index contributed by atoms with van der Waals surface area (Å²) < 4.78 is 39.5. The highest BCUT2D eigenvalue weighted by molar-refractivity contribution is 5.64. The van der Waals surface area contributed by atoms with Crippen molar-refractivity contribution >= 4 is 0 Å². The van der Waals surface area contributed by atoms with Gasteiger partial charge in [-0.25, -0.2) is 0 Å². The van der Waals surface area contributed by atoms with Gasteiger partial charge in [0.05, 0.1) is 11.6 Å². The Morgan fingerprint density at radius 3 is 1.86 bits per heavy atom. The molecule has 2 aromatic rings. The van der Waals surface area contributed by atoms with E-state index < -0.39 is 11.7 Å². The molecule has 0 N–H and O–H groups in total. The van der Waals surface area contributed by atoms with Crippen LogP contribution in [0.3, 0.4) is 0 Å². The lowest BCUT2D eigenvalue weighted by atomic mass is 10.00. The largest absolute Gasteiger partial charge is 0.416 e. The van der Waals surface area contributed by atoms with Gasteiger partial charge in [-0.3, -0.25) is 0 Å². The van der Waals surface area contributed by atoms with E-state index in [1.165, 1.54) is 49.1 Å². The van der Waals surface area contributed by atoms with Gasteiger partial charge in [0.1, 0.15) is 19.6 Å². The lowest BCUT2D eigenvalue weighted by Crippen LogP contribution is -2.48. The van der Waals surface area contributed by atoms with Crippen LogP contribution in [0.5, 0.6) is 0 Å². The van der Waals surface area contributed by atoms with Crippen LogP contribution in [0.15, 0.2) is 48.5 Å². The molecule has 0 aromatic heterocycles. The number of nitrogens with zero attached hydrogens (tertiary/aromatic N) is 2. The van der Waals surface area contributed by atoms with Gasteiger partial charge in [-0.05, 0) is 37.1 Å². The molecule has 2 nitrogen and oxygen atoms in total. The molecule has 0 saturated carbocycles. The molecule has 2 aliphatic heterocycles. The van der Waals surface area contributed by atoms with Gasteiger partial charge in [-0.15, -0.1) is 0 Å². The van der Waals surface area contributed by atoms with E-state index in [0.29, 0.717) is 6.04 Å². The second-order valence-corrected chi connectivity index (χ2v) is 8.96. The van der Waals surface area contributed by atoms with Crippen LogP contribution in [0.2, 0.25) is 0 Å². The smallest absolute Gasteiger partial charge is 0.308 e. The number of rotatable bonds is 5. The fraction of sp³-hybridized carbons (Fsp3) is 0.500. The Hall–Kier alpha value is -1.85. The lowest BCUT2D eigenvalue weighted by molar-refractivity contribution is -0.843. The predicted octanol–water partition coefficient (Wildman–Crippen LogP) is 5.58. The minimum absolute atomic E-state index is 0.602. The molecule has 5 heteroatoms. The van der Waals surface area contributed by atoms with Crippen molar-refractivity contribution in [3.8, 4) is 11.1 Å². The summed E-state index contributed by atoms with van der Waals surface area (Å²) in [4.78, 5) is 2.58. The second kappa shape index (κ2) is 7.77. The highest BCUT2D eigenvalue weighted by Gasteiger charge is 2.49. The maximum Gasteiger partial charge on any atom is 0.416 e. The number of benzene rings is 2. The van der Waals surface area contributed by atoms with Crippen LogP contribution < -0.4 is 0 Å². The van der Waals surface area contributed by atoms with E-state index in [4.69, 9.17) is 0 Å². The highest BCUT2D eigenvalue weighted by Crippen LogP contribution is 2.36. The van der Waals surface area contributed by atoms with Gasteiger partial charge in [0.25, 0.3) is 0 Å². The first-order valence-electron chi connectivity index (χ1n) is 10.6. The van der Waals surface area contributed by atoms with Crippen molar-refractivity contribution in [1.29, 1.82) is 0 Å². The molecule has 0 unspecified atom stereocenters. The fourth-order valence-electron chi connectivity index (χ4n) is 4.75. The molecule has 0 bridgehead atoms. The first-order chi connectivity index (χ1) is 13.8. The zero-order chi connectivity index (χ0) is 20.6. The molecule has 156 valence electrons. The summed E-state index contributed by atoms with van der Waals surface area (Å²) in [5.41, 5.74) is 2.50. The zero-order valence-corrected chi connectivity index (χ0v) is 17.3. The van der Waals surface area contributed by atoms with E-state index in [0.717, 1.165) is 35.8 Å². The number of alkyl halides is 3. The third-order valence-corrected chi connectivity index (χ3v) is 6.80. The number of quaternary nitrogens is 1. The van der Waals surface area contributed by atoms with Gasteiger partial charge < -0.3 is 9.38 Å². The number of hydrogen-bond acceptors (Lipinski definition) is 1. The SMILES string of the molecule is CC(C)N1CCC([N+]2(Cc3ccc(-c4ccc(C(F)(F)F)cc4)cc3)CC2)CC1. The monoisotopic (exact) mass is 403 g/mol. The van der Waals surface area contributed by atoms with E-state index in [2.05, 4.69) is 30.9 Å². The maximum atomic E-state index is 12.7. The summed E-state index contributed by atoms with van der Waals surface area (Å²) >= 11 is 0. The van der Waals surface area contributed by atoms with E-state index in [-0.39, 0.29) is 0 Å². The first kappa shape index (κ1) is 20.4. The normalized spacial score (nSPS) is 20.2. The van der Waals surface area contributed by atoms with Crippen molar-refractivity contribution in [2.45, 2.75) is 51.5 Å². The fourth-order valence-corrected chi connectivity index (χ4v) is 4.75. The average Bonchev–Trinajstić information content (AvgIpc) is 3.49. The van der Waals surface area contributed by atoms with Crippen LogP contribution in [0, 0.1) is 0 Å². The number of halogens is 3. The molecule has 4 rings (SSSR count). The van der Waals surface area contributed by atoms with Gasteiger partial charge in [-0.2, -0.15) is 13.2 Å². The summed E-state index contributed by atoms with van der Waals surface area (Å²) in [5.74, 6) is 0. The molecule has 0 spiro atoms. The van der Waals surface area contributed by atoms with Crippen LogP contribution in [-0.2, 0) is 12.7 Å². The second-order valence-electron chi connectivity index (χ2n) is 8.96. The van der Waals surface area contributed by atoms with Gasteiger partial charge >= 0.3 is 6.18 Å². The molecule has 2 saturated heterocycles.